The van der Waals surface area contributed by atoms with Gasteiger partial charge in [-0.25, -0.2) is 4.98 Å². The maximum Gasteiger partial charge on any atom is 0.153 e. The second-order valence-corrected chi connectivity index (χ2v) is 4.56. The number of fused-ring (bicyclic) bond motifs is 1. The second kappa shape index (κ2) is 5.38. The average molecular weight is 271 g/mol. The molecule has 0 saturated carbocycles. The second-order valence-electron chi connectivity index (χ2n) is 4.56. The van der Waals surface area contributed by atoms with Crippen LogP contribution in [0.25, 0.3) is 5.65 Å². The molecular weight excluding hydrogens is 254 g/mol. The first kappa shape index (κ1) is 12.7. The van der Waals surface area contributed by atoms with Gasteiger partial charge in [-0.05, 0) is 31.2 Å². The van der Waals surface area contributed by atoms with E-state index in [1.807, 2.05) is 40.9 Å². The monoisotopic (exact) mass is 271 g/mol. The molecule has 3 rings (SSSR count). The highest BCUT2D eigenvalue weighted by molar-refractivity contribution is 5.55. The zero-order valence-corrected chi connectivity index (χ0v) is 11.4. The molecule has 0 aromatic carbocycles. The summed E-state index contributed by atoms with van der Waals surface area (Å²) in [6.07, 6.45) is 3.58. The summed E-state index contributed by atoms with van der Waals surface area (Å²) in [5.74, 6) is 1.69. The largest absolute Gasteiger partial charge is 0.467 e. The molecule has 104 valence electrons. The fourth-order valence-electron chi connectivity index (χ4n) is 2.36. The van der Waals surface area contributed by atoms with Crippen LogP contribution in [0.3, 0.4) is 0 Å². The Morgan fingerprint density at radius 2 is 2.20 bits per heavy atom. The Balaban J connectivity index is 2.02. The molecule has 3 heterocycles. The standard InChI is InChI=1S/C15H17N3O2/c1-2-17(10-12-6-5-9-20-12)15-13(11-19)18-8-4-3-7-14(18)16-15/h3-9,19H,2,10-11H2,1H3. The van der Waals surface area contributed by atoms with Crippen LogP contribution in [0.5, 0.6) is 0 Å². The molecule has 0 bridgehead atoms. The molecule has 5 heteroatoms. The third-order valence-electron chi connectivity index (χ3n) is 3.37. The average Bonchev–Trinajstić information content (AvgIpc) is 3.11. The van der Waals surface area contributed by atoms with Crippen molar-refractivity contribution in [2.45, 2.75) is 20.1 Å². The Morgan fingerprint density at radius 1 is 1.30 bits per heavy atom. The van der Waals surface area contributed by atoms with Crippen LogP contribution in [0.1, 0.15) is 18.4 Å². The van der Waals surface area contributed by atoms with Gasteiger partial charge in [0.05, 0.1) is 25.1 Å². The van der Waals surface area contributed by atoms with Gasteiger partial charge in [0.25, 0.3) is 0 Å². The number of hydrogen-bond donors (Lipinski definition) is 1. The highest BCUT2D eigenvalue weighted by Crippen LogP contribution is 2.23. The van der Waals surface area contributed by atoms with Crippen LogP contribution in [0.2, 0.25) is 0 Å². The molecule has 0 atom stereocenters. The first-order valence-electron chi connectivity index (χ1n) is 6.67. The number of aliphatic hydroxyl groups excluding tert-OH is 1. The normalized spacial score (nSPS) is 11.1. The Bertz CT molecular complexity index is 688. The number of nitrogens with zero attached hydrogens (tertiary/aromatic N) is 3. The zero-order chi connectivity index (χ0) is 13.9. The summed E-state index contributed by atoms with van der Waals surface area (Å²) in [6, 6.07) is 9.62. The van der Waals surface area contributed by atoms with Gasteiger partial charge in [-0.15, -0.1) is 0 Å². The van der Waals surface area contributed by atoms with Gasteiger partial charge in [0.1, 0.15) is 11.4 Å². The molecular formula is C15H17N3O2. The minimum atomic E-state index is -0.0465. The molecule has 0 amide bonds. The number of rotatable bonds is 5. The molecule has 0 saturated heterocycles. The smallest absolute Gasteiger partial charge is 0.153 e. The van der Waals surface area contributed by atoms with Crippen molar-refractivity contribution in [1.82, 2.24) is 9.38 Å². The number of pyridine rings is 1. The third-order valence-corrected chi connectivity index (χ3v) is 3.37. The van der Waals surface area contributed by atoms with Crippen LogP contribution < -0.4 is 4.90 Å². The van der Waals surface area contributed by atoms with Gasteiger partial charge < -0.3 is 14.4 Å². The van der Waals surface area contributed by atoms with Gasteiger partial charge >= 0.3 is 0 Å². The number of aliphatic hydroxyl groups is 1. The fourth-order valence-corrected chi connectivity index (χ4v) is 2.36. The quantitative estimate of drug-likeness (QED) is 0.774. The summed E-state index contributed by atoms with van der Waals surface area (Å²) in [5, 5.41) is 9.66. The lowest BCUT2D eigenvalue weighted by Gasteiger charge is -2.20. The van der Waals surface area contributed by atoms with Crippen molar-refractivity contribution in [3.8, 4) is 0 Å². The Morgan fingerprint density at radius 3 is 2.90 bits per heavy atom. The maximum absolute atomic E-state index is 9.66. The van der Waals surface area contributed by atoms with E-state index in [0.29, 0.717) is 6.54 Å². The van der Waals surface area contributed by atoms with Crippen LogP contribution in [0.15, 0.2) is 47.2 Å². The van der Waals surface area contributed by atoms with E-state index in [-0.39, 0.29) is 6.61 Å². The molecule has 5 nitrogen and oxygen atoms in total. The van der Waals surface area contributed by atoms with Gasteiger partial charge in [0, 0.05) is 12.7 Å². The van der Waals surface area contributed by atoms with Crippen LogP contribution in [0, 0.1) is 0 Å². The molecule has 0 unspecified atom stereocenters. The van der Waals surface area contributed by atoms with Crippen molar-refractivity contribution < 1.29 is 9.52 Å². The predicted molar refractivity (Wildman–Crippen MR) is 76.5 cm³/mol. The predicted octanol–water partition coefficient (Wildman–Crippen LogP) is 2.45. The van der Waals surface area contributed by atoms with E-state index in [1.54, 1.807) is 6.26 Å². The van der Waals surface area contributed by atoms with Gasteiger partial charge in [-0.1, -0.05) is 6.07 Å². The molecule has 3 aromatic rings. The minimum Gasteiger partial charge on any atom is -0.467 e. The summed E-state index contributed by atoms with van der Waals surface area (Å²) >= 11 is 0. The summed E-state index contributed by atoms with van der Waals surface area (Å²) in [5.41, 5.74) is 1.64. The van der Waals surface area contributed by atoms with Gasteiger partial charge in [0.2, 0.25) is 0 Å². The van der Waals surface area contributed by atoms with Crippen molar-refractivity contribution in [3.63, 3.8) is 0 Å². The van der Waals surface area contributed by atoms with E-state index >= 15 is 0 Å². The molecule has 0 fully saturated rings. The van der Waals surface area contributed by atoms with E-state index in [4.69, 9.17) is 4.42 Å². The minimum absolute atomic E-state index is 0.0465. The van der Waals surface area contributed by atoms with Crippen LogP contribution in [-0.2, 0) is 13.2 Å². The van der Waals surface area contributed by atoms with E-state index in [0.717, 1.165) is 29.5 Å². The molecule has 0 spiro atoms. The van der Waals surface area contributed by atoms with Crippen molar-refractivity contribution in [2.75, 3.05) is 11.4 Å². The molecule has 0 aliphatic heterocycles. The van der Waals surface area contributed by atoms with Crippen LogP contribution in [0.4, 0.5) is 5.82 Å². The molecule has 20 heavy (non-hydrogen) atoms. The SMILES string of the molecule is CCN(Cc1ccco1)c1nc2ccccn2c1CO. The first-order valence-corrected chi connectivity index (χ1v) is 6.67. The number of anilines is 1. The fraction of sp³-hybridized carbons (Fsp3) is 0.267. The van der Waals surface area contributed by atoms with Crippen LogP contribution in [-0.4, -0.2) is 21.0 Å². The summed E-state index contributed by atoms with van der Waals surface area (Å²) in [7, 11) is 0. The van der Waals surface area contributed by atoms with Crippen molar-refractivity contribution in [2.24, 2.45) is 0 Å². The number of furan rings is 1. The maximum atomic E-state index is 9.66. The van der Waals surface area contributed by atoms with Gasteiger partial charge in [-0.3, -0.25) is 4.40 Å². The van der Waals surface area contributed by atoms with E-state index in [2.05, 4.69) is 16.8 Å². The van der Waals surface area contributed by atoms with Gasteiger partial charge in [0.15, 0.2) is 5.82 Å². The summed E-state index contributed by atoms with van der Waals surface area (Å²) < 4.78 is 7.31. The molecule has 3 aromatic heterocycles. The first-order chi connectivity index (χ1) is 9.83. The molecule has 0 aliphatic carbocycles. The molecule has 1 N–H and O–H groups in total. The lowest BCUT2D eigenvalue weighted by atomic mass is 10.3. The van der Waals surface area contributed by atoms with E-state index in [9.17, 15) is 5.11 Å². The van der Waals surface area contributed by atoms with Gasteiger partial charge in [-0.2, -0.15) is 0 Å². The topological polar surface area (TPSA) is 53.9 Å². The Labute approximate surface area is 117 Å². The zero-order valence-electron chi connectivity index (χ0n) is 11.4. The lowest BCUT2D eigenvalue weighted by Crippen LogP contribution is -2.23. The third kappa shape index (κ3) is 2.16. The number of aromatic nitrogens is 2. The van der Waals surface area contributed by atoms with Crippen molar-refractivity contribution in [1.29, 1.82) is 0 Å². The van der Waals surface area contributed by atoms with Crippen LogP contribution >= 0.6 is 0 Å². The highest BCUT2D eigenvalue weighted by atomic mass is 16.3. The number of imidazole rings is 1. The van der Waals surface area contributed by atoms with Crippen molar-refractivity contribution >= 4 is 11.5 Å². The van der Waals surface area contributed by atoms with Crippen molar-refractivity contribution in [3.05, 3.63) is 54.2 Å². The Kier molecular flexibility index (Phi) is 3.43. The van der Waals surface area contributed by atoms with E-state index < -0.39 is 0 Å². The number of hydrogen-bond acceptors (Lipinski definition) is 4. The molecule has 0 radical (unpaired) electrons. The highest BCUT2D eigenvalue weighted by Gasteiger charge is 2.17. The summed E-state index contributed by atoms with van der Waals surface area (Å²) in [6.45, 7) is 3.45. The lowest BCUT2D eigenvalue weighted by molar-refractivity contribution is 0.276. The molecule has 0 aliphatic rings. The Hall–Kier alpha value is -2.27. The van der Waals surface area contributed by atoms with E-state index in [1.165, 1.54) is 0 Å². The summed E-state index contributed by atoms with van der Waals surface area (Å²) in [4.78, 5) is 6.72.